The first-order valence-corrected chi connectivity index (χ1v) is 14.7. The number of phenolic OH excluding ortho intramolecular Hbond substituents is 1. The number of benzene rings is 2. The number of phenols is 1. The molecule has 4 rings (SSSR count). The zero-order valence-corrected chi connectivity index (χ0v) is 23.1. The zero-order chi connectivity index (χ0) is 27.6. The molecule has 0 bridgehead atoms. The van der Waals surface area contributed by atoms with Crippen LogP contribution in [-0.2, 0) is 17.6 Å². The highest BCUT2D eigenvalue weighted by molar-refractivity contribution is 7.16. The van der Waals surface area contributed by atoms with Crippen molar-refractivity contribution in [2.45, 2.75) is 63.8 Å². The number of amides is 1. The third kappa shape index (κ3) is 8.58. The third-order valence-electron chi connectivity index (χ3n) is 7.35. The highest BCUT2D eigenvalue weighted by atomic mass is 32.1. The van der Waals surface area contributed by atoms with E-state index in [2.05, 4.69) is 15.6 Å². The molecule has 4 N–H and O–H groups in total. The quantitative estimate of drug-likeness (QED) is 0.183. The summed E-state index contributed by atoms with van der Waals surface area (Å²) in [7, 11) is 0. The normalized spacial score (nSPS) is 14.5. The van der Waals surface area contributed by atoms with Crippen molar-refractivity contribution in [1.29, 1.82) is 0 Å². The molecule has 1 aliphatic carbocycles. The molecule has 1 saturated carbocycles. The second kappa shape index (κ2) is 14.5. The standard InChI is InChI=1S/C29H38F2N4O3S/c30-22-17-20(18-23(31)19-22)9-12-32-14-11-26(37)35(24-5-3-1-2-4-6-24)16-15-33-13-10-21-7-8-25(36)27-28(21)39-29(38)34-27/h7-8,17-19,24,32-33,36H,1-6,9-16H2,(H,34,38). The van der Waals surface area contributed by atoms with E-state index in [9.17, 15) is 23.5 Å². The summed E-state index contributed by atoms with van der Waals surface area (Å²) in [5.74, 6) is -0.947. The molecule has 1 fully saturated rings. The summed E-state index contributed by atoms with van der Waals surface area (Å²) < 4.78 is 27.5. The summed E-state index contributed by atoms with van der Waals surface area (Å²) in [6.45, 7) is 3.06. The fraction of sp³-hybridized carbons (Fsp3) is 0.517. The molecule has 0 aliphatic heterocycles. The van der Waals surface area contributed by atoms with Crippen LogP contribution in [0.3, 0.4) is 0 Å². The van der Waals surface area contributed by atoms with Crippen LogP contribution in [0.2, 0.25) is 0 Å². The highest BCUT2D eigenvalue weighted by Crippen LogP contribution is 2.28. The van der Waals surface area contributed by atoms with E-state index in [1.54, 1.807) is 6.07 Å². The lowest BCUT2D eigenvalue weighted by Gasteiger charge is -2.32. The molecule has 0 saturated heterocycles. The van der Waals surface area contributed by atoms with Crippen LogP contribution in [0.4, 0.5) is 8.78 Å². The van der Waals surface area contributed by atoms with Crippen LogP contribution in [0, 0.1) is 11.6 Å². The van der Waals surface area contributed by atoms with Gasteiger partial charge >= 0.3 is 4.87 Å². The van der Waals surface area contributed by atoms with E-state index in [0.29, 0.717) is 63.1 Å². The summed E-state index contributed by atoms with van der Waals surface area (Å²) in [6.07, 6.45) is 8.35. The van der Waals surface area contributed by atoms with Gasteiger partial charge in [-0.1, -0.05) is 43.1 Å². The van der Waals surface area contributed by atoms with E-state index < -0.39 is 11.6 Å². The lowest BCUT2D eigenvalue weighted by atomic mass is 10.1. The molecule has 3 aromatic rings. The van der Waals surface area contributed by atoms with Gasteiger partial charge in [0.1, 0.15) is 22.9 Å². The van der Waals surface area contributed by atoms with Crippen LogP contribution in [0.15, 0.2) is 35.1 Å². The Kier molecular flexibility index (Phi) is 10.9. The maximum atomic E-state index is 13.4. The lowest BCUT2D eigenvalue weighted by molar-refractivity contribution is -0.133. The number of halogens is 2. The third-order valence-corrected chi connectivity index (χ3v) is 8.31. The fourth-order valence-electron chi connectivity index (χ4n) is 5.35. The van der Waals surface area contributed by atoms with Gasteiger partial charge in [-0.2, -0.15) is 0 Å². The van der Waals surface area contributed by atoms with E-state index in [1.807, 2.05) is 11.0 Å². The van der Waals surface area contributed by atoms with E-state index >= 15 is 0 Å². The van der Waals surface area contributed by atoms with Crippen molar-refractivity contribution >= 4 is 27.5 Å². The van der Waals surface area contributed by atoms with Gasteiger partial charge in [-0.3, -0.25) is 9.59 Å². The molecule has 10 heteroatoms. The number of aromatic nitrogens is 1. The maximum absolute atomic E-state index is 13.4. The minimum Gasteiger partial charge on any atom is -0.506 e. The molecule has 0 atom stereocenters. The smallest absolute Gasteiger partial charge is 0.305 e. The number of rotatable bonds is 13. The Morgan fingerprint density at radius 1 is 0.974 bits per heavy atom. The number of carbonyl (C=O) groups is 1. The van der Waals surface area contributed by atoms with Gasteiger partial charge in [0, 0.05) is 38.2 Å². The molecule has 212 valence electrons. The summed E-state index contributed by atoms with van der Waals surface area (Å²) in [4.78, 5) is 29.5. The molecular formula is C29H38F2N4O3S. The van der Waals surface area contributed by atoms with Crippen LogP contribution < -0.4 is 15.5 Å². The van der Waals surface area contributed by atoms with Crippen molar-refractivity contribution in [3.05, 3.63) is 62.8 Å². The molecule has 1 amide bonds. The number of nitrogens with one attached hydrogen (secondary N) is 3. The molecule has 1 aromatic heterocycles. The number of hydrogen-bond acceptors (Lipinski definition) is 6. The van der Waals surface area contributed by atoms with Crippen LogP contribution >= 0.6 is 11.3 Å². The number of thiazole rings is 1. The number of nitrogens with zero attached hydrogens (tertiary/aromatic N) is 1. The number of hydrogen-bond donors (Lipinski definition) is 4. The molecule has 39 heavy (non-hydrogen) atoms. The SMILES string of the molecule is O=C(CCNCCc1cc(F)cc(F)c1)N(CCNCCc1ccc(O)c2[nH]c(=O)sc12)C1CCCCCC1. The summed E-state index contributed by atoms with van der Waals surface area (Å²) in [6, 6.07) is 7.25. The molecule has 0 radical (unpaired) electrons. The summed E-state index contributed by atoms with van der Waals surface area (Å²) in [5.41, 5.74) is 2.09. The van der Waals surface area contributed by atoms with Gasteiger partial charge in [-0.05, 0) is 68.1 Å². The second-order valence-electron chi connectivity index (χ2n) is 10.2. The van der Waals surface area contributed by atoms with Gasteiger partial charge in [0.2, 0.25) is 5.91 Å². The Hall–Kier alpha value is -2.82. The number of H-pyrrole nitrogens is 1. The topological polar surface area (TPSA) is 97.5 Å². The Bertz CT molecular complexity index is 1270. The average Bonchev–Trinajstić information content (AvgIpc) is 3.11. The minimum absolute atomic E-state index is 0.0787. The van der Waals surface area contributed by atoms with Crippen molar-refractivity contribution in [1.82, 2.24) is 20.5 Å². The predicted molar refractivity (Wildman–Crippen MR) is 151 cm³/mol. The Labute approximate surface area is 231 Å². The van der Waals surface area contributed by atoms with Crippen molar-refractivity contribution in [3.8, 4) is 5.75 Å². The Balaban J connectivity index is 1.24. The number of aromatic amines is 1. The fourth-order valence-corrected chi connectivity index (χ4v) is 6.25. The Morgan fingerprint density at radius 2 is 1.67 bits per heavy atom. The average molecular weight is 561 g/mol. The van der Waals surface area contributed by atoms with E-state index in [0.717, 1.165) is 53.3 Å². The molecule has 1 aliphatic rings. The molecule has 2 aromatic carbocycles. The van der Waals surface area contributed by atoms with Gasteiger partial charge in [0.25, 0.3) is 0 Å². The predicted octanol–water partition coefficient (Wildman–Crippen LogP) is 4.48. The highest BCUT2D eigenvalue weighted by Gasteiger charge is 2.24. The van der Waals surface area contributed by atoms with Crippen LogP contribution in [-0.4, -0.2) is 59.7 Å². The number of carbonyl (C=O) groups excluding carboxylic acids is 1. The van der Waals surface area contributed by atoms with Crippen LogP contribution in [0.25, 0.3) is 10.2 Å². The van der Waals surface area contributed by atoms with Crippen LogP contribution in [0.5, 0.6) is 5.75 Å². The monoisotopic (exact) mass is 560 g/mol. The molecule has 0 unspecified atom stereocenters. The molecule has 1 heterocycles. The van der Waals surface area contributed by atoms with Crippen molar-refractivity contribution in [2.75, 3.05) is 32.7 Å². The first-order chi connectivity index (χ1) is 18.9. The lowest BCUT2D eigenvalue weighted by Crippen LogP contribution is -2.45. The zero-order valence-electron chi connectivity index (χ0n) is 22.2. The van der Waals surface area contributed by atoms with E-state index in [-0.39, 0.29) is 22.6 Å². The van der Waals surface area contributed by atoms with Crippen molar-refractivity contribution < 1.29 is 18.7 Å². The molecule has 0 spiro atoms. The molecule has 7 nitrogen and oxygen atoms in total. The number of aromatic hydroxyl groups is 1. The maximum Gasteiger partial charge on any atom is 0.305 e. The van der Waals surface area contributed by atoms with Gasteiger partial charge in [-0.15, -0.1) is 0 Å². The first-order valence-electron chi connectivity index (χ1n) is 13.9. The van der Waals surface area contributed by atoms with E-state index in [1.165, 1.54) is 25.0 Å². The van der Waals surface area contributed by atoms with E-state index in [4.69, 9.17) is 0 Å². The Morgan fingerprint density at radius 3 is 2.41 bits per heavy atom. The van der Waals surface area contributed by atoms with Crippen LogP contribution in [0.1, 0.15) is 56.1 Å². The molecular weight excluding hydrogens is 522 g/mol. The van der Waals surface area contributed by atoms with Gasteiger partial charge < -0.3 is 25.6 Å². The second-order valence-corrected chi connectivity index (χ2v) is 11.2. The summed E-state index contributed by atoms with van der Waals surface area (Å²) in [5, 5.41) is 16.7. The van der Waals surface area contributed by atoms with Gasteiger partial charge in [-0.25, -0.2) is 8.78 Å². The minimum atomic E-state index is -0.578. The van der Waals surface area contributed by atoms with Crippen molar-refractivity contribution in [2.24, 2.45) is 0 Å². The van der Waals surface area contributed by atoms with Crippen molar-refractivity contribution in [3.63, 3.8) is 0 Å². The van der Waals surface area contributed by atoms with Gasteiger partial charge in [0.15, 0.2) is 0 Å². The van der Waals surface area contributed by atoms with Gasteiger partial charge in [0.05, 0.1) is 4.70 Å². The largest absolute Gasteiger partial charge is 0.506 e. The first kappa shape index (κ1) is 29.2. The number of fused-ring (bicyclic) bond motifs is 1. The summed E-state index contributed by atoms with van der Waals surface area (Å²) >= 11 is 1.11.